The largest absolute Gasteiger partial charge is 0.348 e. The van der Waals surface area contributed by atoms with E-state index in [-0.39, 0.29) is 16.1 Å². The van der Waals surface area contributed by atoms with E-state index < -0.39 is 21.7 Å². The normalized spacial score (nSPS) is 11.0. The van der Waals surface area contributed by atoms with Crippen LogP contribution in [0.4, 0.5) is 10.1 Å². The van der Waals surface area contributed by atoms with E-state index in [2.05, 4.69) is 10.0 Å². The maximum absolute atomic E-state index is 13.7. The fourth-order valence-corrected chi connectivity index (χ4v) is 3.55. The van der Waals surface area contributed by atoms with Crippen molar-refractivity contribution in [2.24, 2.45) is 0 Å². The fourth-order valence-electron chi connectivity index (χ4n) is 2.43. The van der Waals surface area contributed by atoms with Gasteiger partial charge in [-0.1, -0.05) is 48.5 Å². The second-order valence-corrected chi connectivity index (χ2v) is 7.46. The Kier molecular flexibility index (Phi) is 5.52. The molecule has 0 saturated heterocycles. The molecular formula is C20H17FN2O3S. The second-order valence-electron chi connectivity index (χ2n) is 5.78. The molecule has 0 fully saturated rings. The quantitative estimate of drug-likeness (QED) is 0.682. The van der Waals surface area contributed by atoms with Gasteiger partial charge in [-0.25, -0.2) is 12.8 Å². The summed E-state index contributed by atoms with van der Waals surface area (Å²) in [5, 5.41) is 2.74. The van der Waals surface area contributed by atoms with Crippen LogP contribution in [0.1, 0.15) is 15.9 Å². The molecule has 7 heteroatoms. The molecule has 3 aromatic rings. The van der Waals surface area contributed by atoms with Gasteiger partial charge in [-0.15, -0.1) is 0 Å². The minimum absolute atomic E-state index is 0.127. The lowest BCUT2D eigenvalue weighted by atomic mass is 10.2. The zero-order valence-corrected chi connectivity index (χ0v) is 15.0. The van der Waals surface area contributed by atoms with Crippen molar-refractivity contribution in [2.75, 3.05) is 4.72 Å². The number of hydrogen-bond acceptors (Lipinski definition) is 3. The molecular weight excluding hydrogens is 367 g/mol. The lowest BCUT2D eigenvalue weighted by molar-refractivity contribution is 0.0950. The summed E-state index contributed by atoms with van der Waals surface area (Å²) in [6.45, 7) is 0.324. The summed E-state index contributed by atoms with van der Waals surface area (Å²) in [5.41, 5.74) is 0.967. The van der Waals surface area contributed by atoms with Crippen molar-refractivity contribution in [3.8, 4) is 0 Å². The summed E-state index contributed by atoms with van der Waals surface area (Å²) in [5.74, 6) is -1.08. The van der Waals surface area contributed by atoms with Gasteiger partial charge in [0, 0.05) is 12.1 Å². The number of amides is 1. The molecule has 0 aliphatic heterocycles. The third kappa shape index (κ3) is 4.71. The molecule has 0 aromatic heterocycles. The highest BCUT2D eigenvalue weighted by Gasteiger charge is 2.18. The van der Waals surface area contributed by atoms with Crippen LogP contribution in [0.5, 0.6) is 0 Å². The first kappa shape index (κ1) is 18.6. The van der Waals surface area contributed by atoms with E-state index in [0.29, 0.717) is 6.54 Å². The van der Waals surface area contributed by atoms with Gasteiger partial charge in [-0.2, -0.15) is 0 Å². The van der Waals surface area contributed by atoms with E-state index in [4.69, 9.17) is 0 Å². The lowest BCUT2D eigenvalue weighted by Gasteiger charge is -2.10. The van der Waals surface area contributed by atoms with Gasteiger partial charge >= 0.3 is 0 Å². The molecule has 0 atom stereocenters. The van der Waals surface area contributed by atoms with E-state index >= 15 is 0 Å². The Hall–Kier alpha value is -3.19. The minimum atomic E-state index is -4.03. The molecule has 3 rings (SSSR count). The smallest absolute Gasteiger partial charge is 0.262 e. The summed E-state index contributed by atoms with van der Waals surface area (Å²) in [4.78, 5) is 12.2. The number of para-hydroxylation sites is 1. The van der Waals surface area contributed by atoms with Gasteiger partial charge in [0.05, 0.1) is 10.6 Å². The van der Waals surface area contributed by atoms with Crippen LogP contribution in [0.2, 0.25) is 0 Å². The van der Waals surface area contributed by atoms with Crippen LogP contribution in [0.25, 0.3) is 0 Å². The van der Waals surface area contributed by atoms with Crippen molar-refractivity contribution in [2.45, 2.75) is 11.4 Å². The van der Waals surface area contributed by atoms with Gasteiger partial charge in [-0.05, 0) is 35.9 Å². The minimum Gasteiger partial charge on any atom is -0.348 e. The van der Waals surface area contributed by atoms with Gasteiger partial charge in [0.25, 0.3) is 15.9 Å². The first-order valence-corrected chi connectivity index (χ1v) is 9.63. The van der Waals surface area contributed by atoms with Crippen molar-refractivity contribution in [1.29, 1.82) is 0 Å². The number of carbonyl (C=O) groups is 1. The molecule has 138 valence electrons. The highest BCUT2D eigenvalue weighted by atomic mass is 32.2. The Labute approximate surface area is 156 Å². The molecule has 0 unspecified atom stereocenters. The monoisotopic (exact) mass is 384 g/mol. The molecule has 1 amide bonds. The van der Waals surface area contributed by atoms with Crippen LogP contribution in [-0.4, -0.2) is 14.3 Å². The van der Waals surface area contributed by atoms with E-state index in [1.54, 1.807) is 0 Å². The maximum Gasteiger partial charge on any atom is 0.262 e. The Morgan fingerprint density at radius 1 is 0.889 bits per heavy atom. The van der Waals surface area contributed by atoms with Crippen molar-refractivity contribution in [3.05, 3.63) is 95.8 Å². The van der Waals surface area contributed by atoms with Crippen molar-refractivity contribution in [3.63, 3.8) is 0 Å². The molecule has 27 heavy (non-hydrogen) atoms. The molecule has 3 aromatic carbocycles. The molecule has 0 aliphatic rings. The summed E-state index contributed by atoms with van der Waals surface area (Å²) in [6, 6.07) is 20.4. The Morgan fingerprint density at radius 2 is 1.59 bits per heavy atom. The zero-order valence-electron chi connectivity index (χ0n) is 14.2. The van der Waals surface area contributed by atoms with Crippen molar-refractivity contribution >= 4 is 21.6 Å². The fraction of sp³-hybridized carbons (Fsp3) is 0.0500. The molecule has 0 radical (unpaired) electrons. The maximum atomic E-state index is 13.7. The summed E-state index contributed by atoms with van der Waals surface area (Å²) >= 11 is 0. The number of sulfonamides is 1. The number of nitrogens with one attached hydrogen (secondary N) is 2. The Bertz CT molecular complexity index is 1050. The molecule has 0 aliphatic carbocycles. The second kappa shape index (κ2) is 8.01. The third-order valence-corrected chi connectivity index (χ3v) is 5.18. The average Bonchev–Trinajstić information content (AvgIpc) is 2.69. The highest BCUT2D eigenvalue weighted by molar-refractivity contribution is 7.92. The lowest BCUT2D eigenvalue weighted by Crippen LogP contribution is -2.23. The standard InChI is InChI=1S/C20H17FN2O3S/c21-18-11-4-5-12-19(18)23-27(25,26)17-10-6-9-16(13-17)20(24)22-14-15-7-2-1-3-8-15/h1-13,23H,14H2,(H,22,24). The summed E-state index contributed by atoms with van der Waals surface area (Å²) in [7, 11) is -4.03. The predicted molar refractivity (Wildman–Crippen MR) is 101 cm³/mol. The first-order valence-electron chi connectivity index (χ1n) is 8.15. The number of rotatable bonds is 6. The van der Waals surface area contributed by atoms with Gasteiger partial charge in [-0.3, -0.25) is 9.52 Å². The number of benzene rings is 3. The molecule has 0 spiro atoms. The SMILES string of the molecule is O=C(NCc1ccccc1)c1cccc(S(=O)(=O)Nc2ccccc2F)c1. The Morgan fingerprint density at radius 3 is 2.33 bits per heavy atom. The number of anilines is 1. The van der Waals surface area contributed by atoms with Crippen molar-refractivity contribution < 1.29 is 17.6 Å². The highest BCUT2D eigenvalue weighted by Crippen LogP contribution is 2.19. The molecule has 0 bridgehead atoms. The van der Waals surface area contributed by atoms with Crippen molar-refractivity contribution in [1.82, 2.24) is 5.32 Å². The predicted octanol–water partition coefficient (Wildman–Crippen LogP) is 3.56. The van der Waals surface area contributed by atoms with Crippen LogP contribution in [0.3, 0.4) is 0 Å². The molecule has 2 N–H and O–H groups in total. The van der Waals surface area contributed by atoms with Gasteiger partial charge in [0.2, 0.25) is 0 Å². The van der Waals surface area contributed by atoms with Crippen LogP contribution < -0.4 is 10.0 Å². The third-order valence-electron chi connectivity index (χ3n) is 3.82. The topological polar surface area (TPSA) is 75.3 Å². The molecule has 0 heterocycles. The van der Waals surface area contributed by atoms with E-state index in [1.807, 2.05) is 30.3 Å². The number of carbonyl (C=O) groups excluding carboxylic acids is 1. The first-order chi connectivity index (χ1) is 13.0. The van der Waals surface area contributed by atoms with Crippen LogP contribution in [-0.2, 0) is 16.6 Å². The van der Waals surface area contributed by atoms with Gasteiger partial charge in [0.1, 0.15) is 5.82 Å². The molecule has 5 nitrogen and oxygen atoms in total. The van der Waals surface area contributed by atoms with Gasteiger partial charge < -0.3 is 5.32 Å². The van der Waals surface area contributed by atoms with Crippen LogP contribution in [0, 0.1) is 5.82 Å². The van der Waals surface area contributed by atoms with Crippen LogP contribution >= 0.6 is 0 Å². The van der Waals surface area contributed by atoms with E-state index in [0.717, 1.165) is 11.6 Å². The molecule has 0 saturated carbocycles. The van der Waals surface area contributed by atoms with E-state index in [9.17, 15) is 17.6 Å². The van der Waals surface area contributed by atoms with E-state index in [1.165, 1.54) is 42.5 Å². The summed E-state index contributed by atoms with van der Waals surface area (Å²) < 4.78 is 40.9. The number of halogens is 1. The summed E-state index contributed by atoms with van der Waals surface area (Å²) in [6.07, 6.45) is 0. The zero-order chi connectivity index (χ0) is 19.3. The van der Waals surface area contributed by atoms with Crippen LogP contribution in [0.15, 0.2) is 83.8 Å². The number of hydrogen-bond donors (Lipinski definition) is 2. The Balaban J connectivity index is 1.76. The van der Waals surface area contributed by atoms with Gasteiger partial charge in [0.15, 0.2) is 0 Å². The average molecular weight is 384 g/mol.